The van der Waals surface area contributed by atoms with Gasteiger partial charge in [0.1, 0.15) is 5.52 Å². The van der Waals surface area contributed by atoms with Crippen molar-refractivity contribution >= 4 is 43.4 Å². The molecular formula is C27H26N6O2S2. The topological polar surface area (TPSA) is 106 Å². The zero-order chi connectivity index (χ0) is 25.7. The number of hydrogen-bond acceptors (Lipinski definition) is 7. The number of nitrogens with zero attached hydrogens (tertiary/aromatic N) is 6. The summed E-state index contributed by atoms with van der Waals surface area (Å²) in [5.74, 6) is 1.28. The summed E-state index contributed by atoms with van der Waals surface area (Å²) in [4.78, 5) is 15.5. The number of pyridine rings is 1. The Balaban J connectivity index is 1.57. The largest absolute Gasteiger partial charge is 0.319 e. The lowest BCUT2D eigenvalue weighted by atomic mass is 9.84. The van der Waals surface area contributed by atoms with Crippen LogP contribution in [-0.4, -0.2) is 31.9 Å². The highest BCUT2D eigenvalue weighted by atomic mass is 32.2. The summed E-state index contributed by atoms with van der Waals surface area (Å²) in [5, 5.41) is 10.9. The smallest absolute Gasteiger partial charge is 0.269 e. The van der Waals surface area contributed by atoms with Crippen LogP contribution in [0, 0.1) is 31.1 Å². The van der Waals surface area contributed by atoms with Gasteiger partial charge in [0.05, 0.1) is 38.3 Å². The lowest BCUT2D eigenvalue weighted by molar-refractivity contribution is 0.283. The monoisotopic (exact) mass is 530 g/mol. The number of aromatic nitrogens is 5. The highest BCUT2D eigenvalue weighted by Crippen LogP contribution is 2.42. The van der Waals surface area contributed by atoms with E-state index in [1.165, 1.54) is 3.97 Å². The Kier molecular flexibility index (Phi) is 5.85. The van der Waals surface area contributed by atoms with Gasteiger partial charge in [-0.3, -0.25) is 0 Å². The molecule has 1 saturated carbocycles. The molecule has 0 bridgehead atoms. The van der Waals surface area contributed by atoms with E-state index in [2.05, 4.69) is 20.6 Å². The number of imidazole rings is 1. The first-order valence-electron chi connectivity index (χ1n) is 12.4. The van der Waals surface area contributed by atoms with Gasteiger partial charge in [-0.1, -0.05) is 18.2 Å². The van der Waals surface area contributed by atoms with E-state index in [-0.39, 0.29) is 10.9 Å². The number of rotatable bonds is 5. The third-order valence-corrected chi connectivity index (χ3v) is 10.0. The molecular weight excluding hydrogens is 504 g/mol. The molecule has 0 amide bonds. The molecule has 37 heavy (non-hydrogen) atoms. The van der Waals surface area contributed by atoms with Crippen LogP contribution in [0.4, 0.5) is 0 Å². The van der Waals surface area contributed by atoms with Crippen LogP contribution >= 0.6 is 11.3 Å². The van der Waals surface area contributed by atoms with Crippen LogP contribution in [0.2, 0.25) is 0 Å². The standard InChI is InChI=1S/C27H26N6O2S2/c1-17-25(36-18(2)30-17)27-31-23-16-29-26-22(13-15-32(26)37(34,35)21-6-4-3-5-7-21)24(23)33(27)20-10-8-19(9-11-20)12-14-28/h3-7,13,15-16,19-20H,8-12H2,1-2H3. The molecule has 0 unspecified atom stereocenters. The van der Waals surface area contributed by atoms with Gasteiger partial charge in [0.15, 0.2) is 11.5 Å². The van der Waals surface area contributed by atoms with E-state index in [1.807, 2.05) is 19.9 Å². The van der Waals surface area contributed by atoms with Gasteiger partial charge in [0.25, 0.3) is 10.0 Å². The normalized spacial score (nSPS) is 18.4. The van der Waals surface area contributed by atoms with Crippen molar-refractivity contribution in [2.45, 2.75) is 56.9 Å². The van der Waals surface area contributed by atoms with Gasteiger partial charge in [0.2, 0.25) is 0 Å². The molecule has 0 spiro atoms. The van der Waals surface area contributed by atoms with Gasteiger partial charge in [-0.2, -0.15) is 5.26 Å². The van der Waals surface area contributed by atoms with Crippen molar-refractivity contribution in [3.8, 4) is 16.8 Å². The van der Waals surface area contributed by atoms with E-state index in [1.54, 1.807) is 54.1 Å². The molecule has 4 heterocycles. The molecule has 5 aromatic rings. The molecule has 0 aliphatic heterocycles. The Hall–Kier alpha value is -3.55. The first-order chi connectivity index (χ1) is 17.9. The van der Waals surface area contributed by atoms with E-state index in [4.69, 9.17) is 4.98 Å². The molecule has 0 radical (unpaired) electrons. The second-order valence-electron chi connectivity index (χ2n) is 9.65. The van der Waals surface area contributed by atoms with Gasteiger partial charge >= 0.3 is 0 Å². The highest BCUT2D eigenvalue weighted by Gasteiger charge is 2.30. The predicted molar refractivity (Wildman–Crippen MR) is 144 cm³/mol. The fraction of sp³-hybridized carbons (Fsp3) is 0.333. The van der Waals surface area contributed by atoms with Crippen LogP contribution in [0.5, 0.6) is 0 Å². The Bertz CT molecular complexity index is 1770. The minimum atomic E-state index is -3.81. The third kappa shape index (κ3) is 3.93. The highest BCUT2D eigenvalue weighted by molar-refractivity contribution is 7.90. The number of thiazole rings is 1. The molecule has 188 valence electrons. The molecule has 10 heteroatoms. The molecule has 1 aliphatic carbocycles. The van der Waals surface area contributed by atoms with Crippen LogP contribution in [0.3, 0.4) is 0 Å². The van der Waals surface area contributed by atoms with E-state index in [9.17, 15) is 13.7 Å². The zero-order valence-electron chi connectivity index (χ0n) is 20.6. The summed E-state index contributed by atoms with van der Waals surface area (Å²) >= 11 is 1.62. The summed E-state index contributed by atoms with van der Waals surface area (Å²) in [6.07, 6.45) is 7.70. The van der Waals surface area contributed by atoms with Gasteiger partial charge in [-0.15, -0.1) is 11.3 Å². The van der Waals surface area contributed by atoms with Gasteiger partial charge < -0.3 is 4.57 Å². The minimum absolute atomic E-state index is 0.191. The van der Waals surface area contributed by atoms with Crippen molar-refractivity contribution in [3.05, 3.63) is 59.5 Å². The summed E-state index contributed by atoms with van der Waals surface area (Å²) in [7, 11) is -3.81. The average Bonchev–Trinajstić information content (AvgIpc) is 3.59. The number of benzene rings is 1. The Morgan fingerprint density at radius 3 is 2.51 bits per heavy atom. The molecule has 6 rings (SSSR count). The maximum absolute atomic E-state index is 13.5. The van der Waals surface area contributed by atoms with Crippen LogP contribution in [0.15, 0.2) is 53.7 Å². The van der Waals surface area contributed by atoms with Gasteiger partial charge in [-0.05, 0) is 63.6 Å². The van der Waals surface area contributed by atoms with Crippen molar-refractivity contribution in [2.24, 2.45) is 5.92 Å². The molecule has 1 fully saturated rings. The van der Waals surface area contributed by atoms with Gasteiger partial charge in [0, 0.05) is 24.0 Å². The van der Waals surface area contributed by atoms with Crippen molar-refractivity contribution in [1.29, 1.82) is 5.26 Å². The quantitative estimate of drug-likeness (QED) is 0.275. The van der Waals surface area contributed by atoms with Crippen LogP contribution in [-0.2, 0) is 10.0 Å². The Morgan fingerprint density at radius 2 is 1.84 bits per heavy atom. The minimum Gasteiger partial charge on any atom is -0.319 e. The van der Waals surface area contributed by atoms with E-state index < -0.39 is 10.0 Å². The van der Waals surface area contributed by atoms with Crippen molar-refractivity contribution < 1.29 is 8.42 Å². The number of aryl methyl sites for hydroxylation is 2. The van der Waals surface area contributed by atoms with Crippen LogP contribution in [0.1, 0.15) is 48.8 Å². The Labute approximate surface area is 219 Å². The fourth-order valence-corrected chi connectivity index (χ4v) is 7.77. The lowest BCUT2D eigenvalue weighted by Gasteiger charge is -2.29. The summed E-state index contributed by atoms with van der Waals surface area (Å²) in [5.41, 5.74) is 2.96. The number of hydrogen-bond donors (Lipinski definition) is 0. The molecule has 1 aliphatic rings. The predicted octanol–water partition coefficient (Wildman–Crippen LogP) is 6.01. The van der Waals surface area contributed by atoms with E-state index >= 15 is 0 Å². The first kappa shape index (κ1) is 23.8. The van der Waals surface area contributed by atoms with Crippen LogP contribution in [0.25, 0.3) is 32.8 Å². The molecule has 1 aromatic carbocycles. The SMILES string of the molecule is Cc1nc(C)c(-c2nc3cnc4c(ccn4S(=O)(=O)c4ccccc4)c3n2C2CCC(CC#N)CC2)s1. The second-order valence-corrected chi connectivity index (χ2v) is 12.7. The van der Waals surface area contributed by atoms with Crippen molar-refractivity contribution in [1.82, 2.24) is 23.5 Å². The molecule has 4 aromatic heterocycles. The number of fused-ring (bicyclic) bond motifs is 3. The maximum Gasteiger partial charge on any atom is 0.269 e. The summed E-state index contributed by atoms with van der Waals surface area (Å²) in [6, 6.07) is 12.8. The second kappa shape index (κ2) is 9.08. The number of nitriles is 1. The van der Waals surface area contributed by atoms with E-state index in [0.29, 0.717) is 18.0 Å². The molecule has 0 N–H and O–H groups in total. The first-order valence-corrected chi connectivity index (χ1v) is 14.6. The third-order valence-electron chi connectivity index (χ3n) is 7.30. The van der Waals surface area contributed by atoms with Crippen molar-refractivity contribution in [2.75, 3.05) is 0 Å². The van der Waals surface area contributed by atoms with E-state index in [0.717, 1.165) is 63.5 Å². The zero-order valence-corrected chi connectivity index (χ0v) is 22.3. The molecule has 0 saturated heterocycles. The molecule has 0 atom stereocenters. The van der Waals surface area contributed by atoms with Gasteiger partial charge in [-0.25, -0.2) is 27.3 Å². The average molecular weight is 531 g/mol. The van der Waals surface area contributed by atoms with Crippen molar-refractivity contribution in [3.63, 3.8) is 0 Å². The summed E-state index contributed by atoms with van der Waals surface area (Å²) in [6.45, 7) is 4.00. The fourth-order valence-electron chi connectivity index (χ4n) is 5.54. The molecule has 8 nitrogen and oxygen atoms in total. The summed E-state index contributed by atoms with van der Waals surface area (Å²) < 4.78 is 30.5. The Morgan fingerprint density at radius 1 is 1.08 bits per heavy atom. The lowest BCUT2D eigenvalue weighted by Crippen LogP contribution is -2.19. The maximum atomic E-state index is 13.5. The van der Waals surface area contributed by atoms with Crippen LogP contribution < -0.4 is 0 Å².